The highest BCUT2D eigenvalue weighted by atomic mass is 32.1. The predicted molar refractivity (Wildman–Crippen MR) is 138 cm³/mol. The predicted octanol–water partition coefficient (Wildman–Crippen LogP) is 4.19. The lowest BCUT2D eigenvalue weighted by molar-refractivity contribution is 0.0473. The number of fused-ring (bicyclic) bond motifs is 1. The van der Waals surface area contributed by atoms with Crippen LogP contribution in [-0.4, -0.2) is 67.3 Å². The number of piperidine rings is 1. The van der Waals surface area contributed by atoms with Gasteiger partial charge in [0.15, 0.2) is 5.82 Å². The van der Waals surface area contributed by atoms with E-state index in [4.69, 9.17) is 9.72 Å². The topological polar surface area (TPSA) is 114 Å². The van der Waals surface area contributed by atoms with Crippen molar-refractivity contribution in [3.05, 3.63) is 29.5 Å². The fourth-order valence-electron chi connectivity index (χ4n) is 4.44. The number of hydrogen-bond acceptors (Lipinski definition) is 8. The van der Waals surface area contributed by atoms with Crippen LogP contribution < -0.4 is 10.6 Å². The summed E-state index contributed by atoms with van der Waals surface area (Å²) in [5, 5.41) is 12.8. The minimum absolute atomic E-state index is 0.0268. The number of nitrogens with zero attached hydrogens (tertiary/aromatic N) is 5. The molecule has 4 heterocycles. The summed E-state index contributed by atoms with van der Waals surface area (Å²) in [4.78, 5) is 37.8. The maximum absolute atomic E-state index is 13.5. The number of carbonyl (C=O) groups excluding carboxylic acids is 2. The molecule has 0 radical (unpaired) electrons. The van der Waals surface area contributed by atoms with Crippen molar-refractivity contribution in [3.8, 4) is 11.4 Å². The van der Waals surface area contributed by atoms with Gasteiger partial charge in [-0.25, -0.2) is 19.3 Å². The first-order valence-corrected chi connectivity index (χ1v) is 13.4. The molecule has 1 saturated heterocycles. The van der Waals surface area contributed by atoms with Gasteiger partial charge in [-0.05, 0) is 59.3 Å². The molecule has 5 rings (SSSR count). The van der Waals surface area contributed by atoms with Gasteiger partial charge in [0.05, 0.1) is 11.8 Å². The molecule has 1 saturated carbocycles. The molecule has 1 atom stereocenters. The zero-order valence-electron chi connectivity index (χ0n) is 21.2. The lowest BCUT2D eigenvalue weighted by atomic mass is 10.0. The van der Waals surface area contributed by atoms with Crippen molar-refractivity contribution < 1.29 is 14.3 Å². The van der Waals surface area contributed by atoms with Gasteiger partial charge in [-0.3, -0.25) is 4.79 Å². The average molecular weight is 512 g/mol. The second kappa shape index (κ2) is 9.68. The van der Waals surface area contributed by atoms with Gasteiger partial charge in [-0.15, -0.1) is 11.3 Å². The molecule has 2 N–H and O–H groups in total. The maximum Gasteiger partial charge on any atom is 0.407 e. The monoisotopic (exact) mass is 511 g/mol. The van der Waals surface area contributed by atoms with Crippen LogP contribution in [0.4, 0.5) is 10.6 Å². The highest BCUT2D eigenvalue weighted by molar-refractivity contribution is 7.16. The summed E-state index contributed by atoms with van der Waals surface area (Å²) >= 11 is 1.56. The van der Waals surface area contributed by atoms with Crippen molar-refractivity contribution in [1.82, 2.24) is 29.8 Å². The number of aromatic nitrogens is 4. The Morgan fingerprint density at radius 2 is 1.92 bits per heavy atom. The lowest BCUT2D eigenvalue weighted by Crippen LogP contribution is -2.47. The van der Waals surface area contributed by atoms with Crippen LogP contribution in [0.15, 0.2) is 23.8 Å². The highest BCUT2D eigenvalue weighted by Crippen LogP contribution is 2.34. The van der Waals surface area contributed by atoms with Gasteiger partial charge in [0.25, 0.3) is 5.91 Å². The fraction of sp³-hybridized carbons (Fsp3) is 0.560. The summed E-state index contributed by atoms with van der Waals surface area (Å²) in [5.41, 5.74) is 0.626. The molecule has 1 aliphatic carbocycles. The number of hydrogen-bond donors (Lipinski definition) is 2. The molecule has 0 unspecified atom stereocenters. The van der Waals surface area contributed by atoms with E-state index in [0.717, 1.165) is 10.4 Å². The molecule has 11 heteroatoms. The second-order valence-electron chi connectivity index (χ2n) is 10.7. The minimum Gasteiger partial charge on any atom is -0.444 e. The number of carbonyl (C=O) groups is 2. The van der Waals surface area contributed by atoms with Crippen molar-refractivity contribution in [3.63, 3.8) is 0 Å². The van der Waals surface area contributed by atoms with Gasteiger partial charge >= 0.3 is 6.09 Å². The molecule has 10 nitrogen and oxygen atoms in total. The summed E-state index contributed by atoms with van der Waals surface area (Å²) in [7, 11) is 0. The first kappa shape index (κ1) is 24.5. The van der Waals surface area contributed by atoms with Crippen LogP contribution in [0.5, 0.6) is 0 Å². The van der Waals surface area contributed by atoms with Crippen molar-refractivity contribution in [2.45, 2.75) is 71.1 Å². The van der Waals surface area contributed by atoms with Crippen LogP contribution in [0, 0.1) is 5.92 Å². The van der Waals surface area contributed by atoms with E-state index in [-0.39, 0.29) is 18.0 Å². The Kier molecular flexibility index (Phi) is 6.59. The van der Waals surface area contributed by atoms with Crippen molar-refractivity contribution in [2.75, 3.05) is 18.4 Å². The molecular formula is C25H33N7O3S. The molecule has 1 aliphatic heterocycles. The summed E-state index contributed by atoms with van der Waals surface area (Å²) in [6.45, 7) is 8.73. The van der Waals surface area contributed by atoms with Crippen LogP contribution in [0.1, 0.15) is 63.9 Å². The van der Waals surface area contributed by atoms with E-state index in [9.17, 15) is 9.59 Å². The van der Waals surface area contributed by atoms with E-state index in [1.807, 2.05) is 32.3 Å². The Labute approximate surface area is 214 Å². The van der Waals surface area contributed by atoms with Crippen molar-refractivity contribution in [1.29, 1.82) is 0 Å². The third kappa shape index (κ3) is 5.61. The number of alkyl carbamates (subject to hydrolysis) is 1. The minimum atomic E-state index is -0.543. The smallest absolute Gasteiger partial charge is 0.407 e. The second-order valence-corrected chi connectivity index (χ2v) is 11.6. The first-order valence-electron chi connectivity index (χ1n) is 12.5. The Hall–Kier alpha value is -3.21. The third-order valence-electron chi connectivity index (χ3n) is 6.53. The molecule has 0 aromatic carbocycles. The van der Waals surface area contributed by atoms with E-state index in [2.05, 4.69) is 27.6 Å². The summed E-state index contributed by atoms with van der Waals surface area (Å²) in [6.07, 6.45) is 6.96. The quantitative estimate of drug-likeness (QED) is 0.510. The van der Waals surface area contributed by atoms with Crippen LogP contribution >= 0.6 is 11.3 Å². The summed E-state index contributed by atoms with van der Waals surface area (Å²) in [5.74, 6) is 1.65. The van der Waals surface area contributed by atoms with E-state index < -0.39 is 11.7 Å². The Balaban J connectivity index is 1.32. The summed E-state index contributed by atoms with van der Waals surface area (Å²) in [6, 6.07) is 2.01. The number of ether oxygens (including phenoxy) is 1. The average Bonchev–Trinajstić information content (AvgIpc) is 3.44. The molecule has 0 spiro atoms. The van der Waals surface area contributed by atoms with Gasteiger partial charge in [-0.2, -0.15) is 5.10 Å². The van der Waals surface area contributed by atoms with Crippen LogP contribution in [0.3, 0.4) is 0 Å². The van der Waals surface area contributed by atoms with E-state index in [1.165, 1.54) is 12.8 Å². The first-order chi connectivity index (χ1) is 17.2. The largest absolute Gasteiger partial charge is 0.444 e. The molecule has 2 aliphatic rings. The zero-order valence-corrected chi connectivity index (χ0v) is 22.0. The third-order valence-corrected chi connectivity index (χ3v) is 7.41. The normalized spacial score (nSPS) is 17.7. The number of likely N-dealkylation sites (tertiary alicyclic amines) is 1. The maximum atomic E-state index is 13.5. The number of amides is 2. The van der Waals surface area contributed by atoms with Crippen LogP contribution in [-0.2, 0) is 4.74 Å². The number of nitrogens with one attached hydrogen (secondary N) is 2. The molecule has 3 aromatic rings. The van der Waals surface area contributed by atoms with E-state index >= 15 is 0 Å². The van der Waals surface area contributed by atoms with Crippen molar-refractivity contribution >= 4 is 34.0 Å². The van der Waals surface area contributed by atoms with Gasteiger partial charge in [0.1, 0.15) is 21.9 Å². The molecule has 0 bridgehead atoms. The number of thiazole rings is 1. The molecule has 36 heavy (non-hydrogen) atoms. The zero-order chi connectivity index (χ0) is 25.4. The van der Waals surface area contributed by atoms with Gasteiger partial charge in [-0.1, -0.05) is 0 Å². The number of rotatable bonds is 6. The SMILES string of the molecule is C[C@H](Nc1cc(C(=O)N2CCC(NC(=O)OC(C)(C)C)CC2)nc(-c2cnn3ccsc23)n1)C1CC1. The Bertz CT molecular complexity index is 1250. The van der Waals surface area contributed by atoms with Crippen LogP contribution in [0.2, 0.25) is 0 Å². The van der Waals surface area contributed by atoms with Gasteiger partial charge in [0.2, 0.25) is 0 Å². The van der Waals surface area contributed by atoms with Gasteiger partial charge in [0, 0.05) is 42.8 Å². The van der Waals surface area contributed by atoms with Gasteiger partial charge < -0.3 is 20.3 Å². The summed E-state index contributed by atoms with van der Waals surface area (Å²) < 4.78 is 7.15. The number of anilines is 1. The van der Waals surface area contributed by atoms with E-state index in [1.54, 1.807) is 33.0 Å². The molecule has 192 valence electrons. The fourth-order valence-corrected chi connectivity index (χ4v) is 5.23. The Morgan fingerprint density at radius 3 is 2.61 bits per heavy atom. The Morgan fingerprint density at radius 1 is 1.17 bits per heavy atom. The van der Waals surface area contributed by atoms with Crippen LogP contribution in [0.25, 0.3) is 16.2 Å². The molecule has 2 amide bonds. The molecular weight excluding hydrogens is 478 g/mol. The highest BCUT2D eigenvalue weighted by Gasteiger charge is 2.30. The molecule has 3 aromatic heterocycles. The van der Waals surface area contributed by atoms with Crippen molar-refractivity contribution in [2.24, 2.45) is 5.92 Å². The van der Waals surface area contributed by atoms with E-state index in [0.29, 0.717) is 49.2 Å². The standard InChI is InChI=1S/C25H33N7O3S/c1-15(16-5-6-16)27-20-13-19(29-21(30-20)18-14-26-32-11-12-36-23(18)32)22(33)31-9-7-17(8-10-31)28-24(34)35-25(2,3)4/h11-17H,5-10H2,1-4H3,(H,28,34)(H,27,29,30)/t15-/m0/s1. The lowest BCUT2D eigenvalue weighted by Gasteiger charge is -2.32. The molecule has 2 fully saturated rings.